The number of benzene rings is 2. The van der Waals surface area contributed by atoms with Gasteiger partial charge in [-0.15, -0.1) is 0 Å². The van der Waals surface area contributed by atoms with Crippen LogP contribution in [0.4, 0.5) is 0 Å². The molecule has 1 heterocycles. The molecule has 0 aliphatic carbocycles. The summed E-state index contributed by atoms with van der Waals surface area (Å²) in [5.41, 5.74) is 2.44. The molecule has 3 rings (SSSR count). The first-order valence-corrected chi connectivity index (χ1v) is 12.1. The SMILES string of the molecule is CCCn1c(S[C@H](C)C(=O)N(C)Cc2ccccc2)nc2cc(S(N)(=O)=O)ccc21. The third kappa shape index (κ3) is 5.03. The number of primary sulfonamides is 1. The summed E-state index contributed by atoms with van der Waals surface area (Å²) in [6.45, 7) is 5.17. The second kappa shape index (κ2) is 9.20. The van der Waals surface area contributed by atoms with Gasteiger partial charge in [-0.1, -0.05) is 49.0 Å². The quantitative estimate of drug-likeness (QED) is 0.536. The Morgan fingerprint density at radius 3 is 2.57 bits per heavy atom. The first kappa shape index (κ1) is 22.3. The van der Waals surface area contributed by atoms with E-state index in [9.17, 15) is 13.2 Å². The van der Waals surface area contributed by atoms with Gasteiger partial charge in [-0.3, -0.25) is 4.79 Å². The number of rotatable bonds is 8. The van der Waals surface area contributed by atoms with Crippen molar-refractivity contribution in [2.75, 3.05) is 7.05 Å². The van der Waals surface area contributed by atoms with Crippen LogP contribution in [0.1, 0.15) is 25.8 Å². The first-order valence-electron chi connectivity index (χ1n) is 9.69. The number of fused-ring (bicyclic) bond motifs is 1. The number of nitrogens with two attached hydrogens (primary N) is 1. The van der Waals surface area contributed by atoms with Gasteiger partial charge in [0.15, 0.2) is 5.16 Å². The minimum Gasteiger partial charge on any atom is -0.340 e. The minimum atomic E-state index is -3.80. The molecule has 0 radical (unpaired) electrons. The van der Waals surface area contributed by atoms with E-state index in [1.807, 2.05) is 41.8 Å². The van der Waals surface area contributed by atoms with Crippen LogP contribution in [0.3, 0.4) is 0 Å². The van der Waals surface area contributed by atoms with Gasteiger partial charge >= 0.3 is 0 Å². The summed E-state index contributed by atoms with van der Waals surface area (Å²) < 4.78 is 25.4. The Hall–Kier alpha value is -2.36. The van der Waals surface area contributed by atoms with Crippen molar-refractivity contribution in [3.63, 3.8) is 0 Å². The van der Waals surface area contributed by atoms with Crippen LogP contribution in [0.25, 0.3) is 11.0 Å². The Balaban J connectivity index is 1.84. The zero-order valence-electron chi connectivity index (χ0n) is 17.3. The monoisotopic (exact) mass is 446 g/mol. The minimum absolute atomic E-state index is 0.00387. The van der Waals surface area contributed by atoms with Crippen molar-refractivity contribution in [1.82, 2.24) is 14.5 Å². The van der Waals surface area contributed by atoms with Crippen LogP contribution >= 0.6 is 11.8 Å². The lowest BCUT2D eigenvalue weighted by Gasteiger charge is -2.21. The normalized spacial score (nSPS) is 12.8. The summed E-state index contributed by atoms with van der Waals surface area (Å²) >= 11 is 1.38. The lowest BCUT2D eigenvalue weighted by Crippen LogP contribution is -2.33. The van der Waals surface area contributed by atoms with Crippen LogP contribution in [-0.2, 0) is 27.9 Å². The van der Waals surface area contributed by atoms with Gasteiger partial charge in [-0.05, 0) is 37.1 Å². The number of hydrogen-bond donors (Lipinski definition) is 1. The summed E-state index contributed by atoms with van der Waals surface area (Å²) in [5, 5.41) is 5.59. The molecule has 3 aromatic rings. The summed E-state index contributed by atoms with van der Waals surface area (Å²) in [6, 6.07) is 14.5. The Bertz CT molecular complexity index is 1140. The molecule has 1 amide bonds. The predicted octanol–water partition coefficient (Wildman–Crippen LogP) is 3.23. The molecule has 0 saturated heterocycles. The highest BCUT2D eigenvalue weighted by Crippen LogP contribution is 2.29. The van der Waals surface area contributed by atoms with Gasteiger partial charge in [0.25, 0.3) is 0 Å². The largest absolute Gasteiger partial charge is 0.340 e. The summed E-state index contributed by atoms with van der Waals surface area (Å²) in [7, 11) is -2.01. The fourth-order valence-electron chi connectivity index (χ4n) is 3.25. The summed E-state index contributed by atoms with van der Waals surface area (Å²) in [6.07, 6.45) is 0.881. The molecular weight excluding hydrogens is 420 g/mol. The molecule has 2 N–H and O–H groups in total. The number of thioether (sulfide) groups is 1. The van der Waals surface area contributed by atoms with E-state index in [2.05, 4.69) is 11.9 Å². The summed E-state index contributed by atoms with van der Waals surface area (Å²) in [5.74, 6) is 0.00387. The number of carbonyl (C=O) groups is 1. The second-order valence-corrected chi connectivity index (χ2v) is 10.1. The van der Waals surface area contributed by atoms with Crippen molar-refractivity contribution in [3.8, 4) is 0 Å². The average molecular weight is 447 g/mol. The van der Waals surface area contributed by atoms with Crippen LogP contribution in [0, 0.1) is 0 Å². The van der Waals surface area contributed by atoms with E-state index in [4.69, 9.17) is 5.14 Å². The number of hydrogen-bond acceptors (Lipinski definition) is 5. The highest BCUT2D eigenvalue weighted by Gasteiger charge is 2.23. The van der Waals surface area contributed by atoms with Crippen molar-refractivity contribution < 1.29 is 13.2 Å². The maximum absolute atomic E-state index is 12.9. The van der Waals surface area contributed by atoms with Crippen LogP contribution in [0.2, 0.25) is 0 Å². The van der Waals surface area contributed by atoms with E-state index in [0.717, 1.165) is 17.5 Å². The molecule has 7 nitrogen and oxygen atoms in total. The van der Waals surface area contributed by atoms with Gasteiger partial charge in [0.1, 0.15) is 0 Å². The van der Waals surface area contributed by atoms with E-state index >= 15 is 0 Å². The zero-order valence-corrected chi connectivity index (χ0v) is 18.9. The molecular formula is C21H26N4O3S2. The molecule has 0 aliphatic rings. The van der Waals surface area contributed by atoms with E-state index in [-0.39, 0.29) is 16.1 Å². The van der Waals surface area contributed by atoms with E-state index in [0.29, 0.717) is 23.8 Å². The Morgan fingerprint density at radius 1 is 1.23 bits per heavy atom. The number of nitrogens with zero attached hydrogens (tertiary/aromatic N) is 3. The highest BCUT2D eigenvalue weighted by molar-refractivity contribution is 8.00. The van der Waals surface area contributed by atoms with Crippen molar-refractivity contribution in [3.05, 3.63) is 54.1 Å². The molecule has 0 saturated carbocycles. The molecule has 0 fully saturated rings. The molecule has 1 atom stereocenters. The molecule has 0 bridgehead atoms. The fourth-order valence-corrected chi connectivity index (χ4v) is 4.85. The zero-order chi connectivity index (χ0) is 21.9. The van der Waals surface area contributed by atoms with Gasteiger partial charge in [-0.25, -0.2) is 18.5 Å². The second-order valence-electron chi connectivity index (χ2n) is 7.18. The van der Waals surface area contributed by atoms with E-state index in [1.165, 1.54) is 23.9 Å². The maximum atomic E-state index is 12.9. The van der Waals surface area contributed by atoms with Crippen LogP contribution in [-0.4, -0.2) is 41.1 Å². The third-order valence-corrected chi connectivity index (χ3v) is 6.72. The standard InChI is InChI=1S/C21H26N4O3S2/c1-4-12-25-19-11-10-17(30(22,27)28)13-18(19)23-21(25)29-15(2)20(26)24(3)14-16-8-6-5-7-9-16/h5-11,13,15H,4,12,14H2,1-3H3,(H2,22,27,28)/t15-/m1/s1. The molecule has 0 unspecified atom stereocenters. The van der Waals surface area contributed by atoms with Crippen molar-refractivity contribution in [2.45, 2.75) is 48.7 Å². The Morgan fingerprint density at radius 2 is 1.93 bits per heavy atom. The maximum Gasteiger partial charge on any atom is 0.238 e. The van der Waals surface area contributed by atoms with Crippen LogP contribution in [0.15, 0.2) is 58.6 Å². The first-order chi connectivity index (χ1) is 14.2. The van der Waals surface area contributed by atoms with E-state index < -0.39 is 10.0 Å². The Labute approximate surface area is 181 Å². The molecule has 0 spiro atoms. The average Bonchev–Trinajstić information content (AvgIpc) is 3.04. The van der Waals surface area contributed by atoms with Crippen molar-refractivity contribution in [2.24, 2.45) is 5.14 Å². The molecule has 160 valence electrons. The number of sulfonamides is 1. The Kier molecular flexibility index (Phi) is 6.84. The number of aromatic nitrogens is 2. The molecule has 1 aromatic heterocycles. The van der Waals surface area contributed by atoms with Crippen molar-refractivity contribution >= 4 is 38.7 Å². The molecule has 2 aromatic carbocycles. The molecule has 0 aliphatic heterocycles. The number of amides is 1. The van der Waals surface area contributed by atoms with Gasteiger partial charge in [-0.2, -0.15) is 0 Å². The van der Waals surface area contributed by atoms with Gasteiger partial charge in [0.05, 0.1) is 21.2 Å². The van der Waals surface area contributed by atoms with Crippen LogP contribution < -0.4 is 5.14 Å². The van der Waals surface area contributed by atoms with Crippen molar-refractivity contribution in [1.29, 1.82) is 0 Å². The van der Waals surface area contributed by atoms with Gasteiger partial charge in [0, 0.05) is 20.1 Å². The summed E-state index contributed by atoms with van der Waals surface area (Å²) in [4.78, 5) is 19.2. The molecule has 9 heteroatoms. The third-order valence-electron chi connectivity index (χ3n) is 4.73. The van der Waals surface area contributed by atoms with Gasteiger partial charge in [0.2, 0.25) is 15.9 Å². The number of carbonyl (C=O) groups excluding carboxylic acids is 1. The predicted molar refractivity (Wildman–Crippen MR) is 120 cm³/mol. The number of imidazole rings is 1. The fraction of sp³-hybridized carbons (Fsp3) is 0.333. The van der Waals surface area contributed by atoms with E-state index in [1.54, 1.807) is 18.0 Å². The lowest BCUT2D eigenvalue weighted by atomic mass is 10.2. The van der Waals surface area contributed by atoms with Crippen LogP contribution in [0.5, 0.6) is 0 Å². The van der Waals surface area contributed by atoms with Gasteiger partial charge < -0.3 is 9.47 Å². The smallest absolute Gasteiger partial charge is 0.238 e. The number of aryl methyl sites for hydroxylation is 1. The lowest BCUT2D eigenvalue weighted by molar-refractivity contribution is -0.129. The molecule has 30 heavy (non-hydrogen) atoms. The highest BCUT2D eigenvalue weighted by atomic mass is 32.2. The topological polar surface area (TPSA) is 98.3 Å².